The summed E-state index contributed by atoms with van der Waals surface area (Å²) in [5.41, 5.74) is 0.920. The molecule has 6 nitrogen and oxygen atoms in total. The van der Waals surface area contributed by atoms with Gasteiger partial charge in [-0.15, -0.1) is 0 Å². The number of hydrogen-bond donors (Lipinski definition) is 0. The van der Waals surface area contributed by atoms with Crippen LogP contribution in [0.15, 0.2) is 48.8 Å². The Balaban J connectivity index is 2.50. The van der Waals surface area contributed by atoms with E-state index >= 15 is 0 Å². The molecule has 0 saturated carbocycles. The number of pyridine rings is 1. The van der Waals surface area contributed by atoms with Gasteiger partial charge < -0.3 is 10.1 Å². The molecule has 0 aliphatic carbocycles. The van der Waals surface area contributed by atoms with Gasteiger partial charge in [-0.05, 0) is 12.1 Å². The monoisotopic (exact) mass is 245 g/mol. The molecule has 1 aromatic carbocycles. The first kappa shape index (κ1) is 11.8. The van der Waals surface area contributed by atoms with E-state index < -0.39 is 4.92 Å². The summed E-state index contributed by atoms with van der Waals surface area (Å²) in [5.74, 6) is 0. The van der Waals surface area contributed by atoms with Gasteiger partial charge in [0.1, 0.15) is 0 Å². The predicted molar refractivity (Wildman–Crippen MR) is 66.6 cm³/mol. The van der Waals surface area contributed by atoms with Crippen LogP contribution in [0.4, 0.5) is 17.1 Å². The standard InChI is InChI=1S/C12H11N3O3/c1-13(10-5-3-2-4-6-10)12-9-14(16)8-7-11(12)15(17)18/h2-9H,1H3. The highest BCUT2D eigenvalue weighted by Gasteiger charge is 2.21. The molecule has 0 aliphatic rings. The second kappa shape index (κ2) is 4.70. The number of benzene rings is 1. The van der Waals surface area contributed by atoms with Crippen molar-refractivity contribution >= 4 is 17.1 Å². The summed E-state index contributed by atoms with van der Waals surface area (Å²) < 4.78 is 0.543. The van der Waals surface area contributed by atoms with Gasteiger partial charge in [-0.3, -0.25) is 10.1 Å². The van der Waals surface area contributed by atoms with Crippen LogP contribution in [0.2, 0.25) is 0 Å². The van der Waals surface area contributed by atoms with E-state index in [0.717, 1.165) is 11.9 Å². The Morgan fingerprint density at radius 2 is 1.89 bits per heavy atom. The van der Waals surface area contributed by atoms with Crippen molar-refractivity contribution in [1.29, 1.82) is 0 Å². The molecule has 6 heteroatoms. The molecule has 0 saturated heterocycles. The fourth-order valence-corrected chi connectivity index (χ4v) is 1.66. The van der Waals surface area contributed by atoms with E-state index in [4.69, 9.17) is 0 Å². The summed E-state index contributed by atoms with van der Waals surface area (Å²) in [6.07, 6.45) is 2.30. The molecule has 0 aliphatic heterocycles. The fraction of sp³-hybridized carbons (Fsp3) is 0.0833. The quantitative estimate of drug-likeness (QED) is 0.359. The first-order chi connectivity index (χ1) is 8.59. The zero-order chi connectivity index (χ0) is 13.1. The number of nitrogens with zero attached hydrogens (tertiary/aromatic N) is 3. The molecule has 0 N–H and O–H groups in total. The Labute approximate surface area is 103 Å². The van der Waals surface area contributed by atoms with Crippen LogP contribution in [0.5, 0.6) is 0 Å². The van der Waals surface area contributed by atoms with E-state index in [2.05, 4.69) is 0 Å². The van der Waals surface area contributed by atoms with Crippen LogP contribution < -0.4 is 9.63 Å². The minimum atomic E-state index is -0.505. The molecule has 0 radical (unpaired) electrons. The van der Waals surface area contributed by atoms with Gasteiger partial charge in [0, 0.05) is 12.7 Å². The summed E-state index contributed by atoms with van der Waals surface area (Å²) in [6.45, 7) is 0. The number of nitro groups is 1. The summed E-state index contributed by atoms with van der Waals surface area (Å²) in [6, 6.07) is 10.3. The minimum Gasteiger partial charge on any atom is -0.619 e. The molecule has 0 spiro atoms. The maximum absolute atomic E-state index is 11.3. The van der Waals surface area contributed by atoms with Crippen molar-refractivity contribution in [3.8, 4) is 0 Å². The second-order valence-electron chi connectivity index (χ2n) is 3.73. The van der Waals surface area contributed by atoms with Gasteiger partial charge in [0.05, 0.1) is 11.0 Å². The van der Waals surface area contributed by atoms with Crippen LogP contribution in [0.3, 0.4) is 0 Å². The van der Waals surface area contributed by atoms with Crippen molar-refractivity contribution in [3.05, 3.63) is 64.1 Å². The Bertz CT molecular complexity index is 572. The Kier molecular flexibility index (Phi) is 3.09. The average Bonchev–Trinajstić information content (AvgIpc) is 2.38. The van der Waals surface area contributed by atoms with Gasteiger partial charge >= 0.3 is 5.69 Å². The molecular formula is C12H11N3O3. The normalized spacial score (nSPS) is 10.1. The van der Waals surface area contributed by atoms with Crippen LogP contribution in [-0.4, -0.2) is 12.0 Å². The maximum Gasteiger partial charge on any atom is 0.305 e. The summed E-state index contributed by atoms with van der Waals surface area (Å²) >= 11 is 0. The van der Waals surface area contributed by atoms with E-state index in [1.807, 2.05) is 30.3 Å². The van der Waals surface area contributed by atoms with E-state index in [1.165, 1.54) is 12.3 Å². The first-order valence-corrected chi connectivity index (χ1v) is 5.25. The van der Waals surface area contributed by atoms with Crippen molar-refractivity contribution in [2.45, 2.75) is 0 Å². The third kappa shape index (κ3) is 2.22. The Morgan fingerprint density at radius 1 is 1.22 bits per heavy atom. The van der Waals surface area contributed by atoms with Crippen LogP contribution in [0.25, 0.3) is 0 Å². The minimum absolute atomic E-state index is 0.103. The molecule has 0 fully saturated rings. The third-order valence-electron chi connectivity index (χ3n) is 2.59. The molecular weight excluding hydrogens is 234 g/mol. The number of hydrogen-bond acceptors (Lipinski definition) is 4. The summed E-state index contributed by atoms with van der Waals surface area (Å²) in [5, 5.41) is 22.2. The zero-order valence-electron chi connectivity index (χ0n) is 9.69. The van der Waals surface area contributed by atoms with Gasteiger partial charge in [-0.2, -0.15) is 4.73 Å². The van der Waals surface area contributed by atoms with Crippen LogP contribution in [0.1, 0.15) is 0 Å². The SMILES string of the molecule is CN(c1ccccc1)c1c[n+]([O-])ccc1[N+](=O)[O-]. The smallest absolute Gasteiger partial charge is 0.305 e. The number of rotatable bonds is 3. The lowest BCUT2D eigenvalue weighted by Crippen LogP contribution is -2.27. The van der Waals surface area contributed by atoms with Gasteiger partial charge in [0.25, 0.3) is 0 Å². The van der Waals surface area contributed by atoms with E-state index in [-0.39, 0.29) is 11.4 Å². The highest BCUT2D eigenvalue weighted by molar-refractivity contribution is 5.69. The van der Waals surface area contributed by atoms with Crippen LogP contribution >= 0.6 is 0 Å². The van der Waals surface area contributed by atoms with Gasteiger partial charge in [-0.1, -0.05) is 18.2 Å². The average molecular weight is 245 g/mol. The molecule has 0 bridgehead atoms. The highest BCUT2D eigenvalue weighted by atomic mass is 16.6. The van der Waals surface area contributed by atoms with Crippen LogP contribution in [-0.2, 0) is 0 Å². The molecule has 1 aromatic heterocycles. The van der Waals surface area contributed by atoms with Gasteiger partial charge in [0.2, 0.25) is 6.20 Å². The molecule has 0 atom stereocenters. The zero-order valence-corrected chi connectivity index (χ0v) is 9.69. The van der Waals surface area contributed by atoms with Crippen molar-refractivity contribution < 1.29 is 9.65 Å². The Morgan fingerprint density at radius 3 is 2.50 bits per heavy atom. The first-order valence-electron chi connectivity index (χ1n) is 5.25. The van der Waals surface area contributed by atoms with Crippen molar-refractivity contribution in [1.82, 2.24) is 0 Å². The van der Waals surface area contributed by atoms with Gasteiger partial charge in [0.15, 0.2) is 11.9 Å². The molecule has 0 unspecified atom stereocenters. The molecule has 92 valence electrons. The van der Waals surface area contributed by atoms with Gasteiger partial charge in [-0.25, -0.2) is 0 Å². The largest absolute Gasteiger partial charge is 0.619 e. The summed E-state index contributed by atoms with van der Waals surface area (Å²) in [7, 11) is 1.68. The molecule has 2 rings (SSSR count). The number of anilines is 2. The molecule has 0 amide bonds. The lowest BCUT2D eigenvalue weighted by molar-refractivity contribution is -0.605. The number of aromatic nitrogens is 1. The van der Waals surface area contributed by atoms with Crippen molar-refractivity contribution in [2.24, 2.45) is 0 Å². The Hall–Kier alpha value is -2.63. The van der Waals surface area contributed by atoms with E-state index in [1.54, 1.807) is 11.9 Å². The topological polar surface area (TPSA) is 73.3 Å². The van der Waals surface area contributed by atoms with E-state index in [0.29, 0.717) is 4.73 Å². The van der Waals surface area contributed by atoms with E-state index in [9.17, 15) is 15.3 Å². The van der Waals surface area contributed by atoms with Crippen molar-refractivity contribution in [2.75, 3.05) is 11.9 Å². The lowest BCUT2D eigenvalue weighted by Gasteiger charge is -2.17. The second-order valence-corrected chi connectivity index (χ2v) is 3.73. The summed E-state index contributed by atoms with van der Waals surface area (Å²) in [4.78, 5) is 12.0. The maximum atomic E-state index is 11.3. The van der Waals surface area contributed by atoms with Crippen molar-refractivity contribution in [3.63, 3.8) is 0 Å². The third-order valence-corrected chi connectivity index (χ3v) is 2.59. The number of para-hydroxylation sites is 1. The molecule has 2 aromatic rings. The van der Waals surface area contributed by atoms with Crippen LogP contribution in [0, 0.1) is 15.3 Å². The lowest BCUT2D eigenvalue weighted by atomic mass is 10.2. The fourth-order valence-electron chi connectivity index (χ4n) is 1.66. The predicted octanol–water partition coefficient (Wildman–Crippen LogP) is 2.00. The molecule has 18 heavy (non-hydrogen) atoms. The highest BCUT2D eigenvalue weighted by Crippen LogP contribution is 2.30. The molecule has 1 heterocycles.